The van der Waals surface area contributed by atoms with Crippen LogP contribution in [0.2, 0.25) is 0 Å². The van der Waals surface area contributed by atoms with E-state index in [4.69, 9.17) is 0 Å². The van der Waals surface area contributed by atoms with Crippen LogP contribution in [0, 0.1) is 18.3 Å². The van der Waals surface area contributed by atoms with E-state index in [0.717, 1.165) is 71.7 Å². The molecule has 0 bridgehead atoms. The molecule has 0 radical (unpaired) electrons. The molecule has 5 heteroatoms. The first-order valence-electron chi connectivity index (χ1n) is 16.6. The number of aryl methyl sites for hydroxylation is 1. The molecule has 0 spiro atoms. The molecule has 242 valence electrons. The highest BCUT2D eigenvalue weighted by Crippen LogP contribution is 2.48. The zero-order valence-electron chi connectivity index (χ0n) is 28.3. The number of anilines is 4. The summed E-state index contributed by atoms with van der Waals surface area (Å²) < 4.78 is 2.19. The molecule has 1 N–H and O–H groups in total. The van der Waals surface area contributed by atoms with Gasteiger partial charge in [-0.05, 0) is 71.7 Å². The number of allylic oxidation sites excluding steroid dienone is 5. The molecular formula is C45H37N4S+. The predicted octanol–water partition coefficient (Wildman–Crippen LogP) is 11.4. The van der Waals surface area contributed by atoms with Crippen LogP contribution >= 0.6 is 11.3 Å². The van der Waals surface area contributed by atoms with E-state index in [1.165, 1.54) is 0 Å². The maximum atomic E-state index is 10.8. The molecule has 4 nitrogen and oxygen atoms in total. The lowest BCUT2D eigenvalue weighted by molar-refractivity contribution is -0.403. The summed E-state index contributed by atoms with van der Waals surface area (Å²) in [5, 5.41) is 15.2. The molecule has 7 rings (SSSR count). The Labute approximate surface area is 298 Å². The third kappa shape index (κ3) is 6.58. The summed E-state index contributed by atoms with van der Waals surface area (Å²) in [4.78, 5) is 3.23. The van der Waals surface area contributed by atoms with Gasteiger partial charge in [0.05, 0.1) is 5.56 Å². The summed E-state index contributed by atoms with van der Waals surface area (Å²) in [7, 11) is 4.18. The van der Waals surface area contributed by atoms with E-state index in [-0.39, 0.29) is 0 Å². The fourth-order valence-electron chi connectivity index (χ4n) is 6.25. The van der Waals surface area contributed by atoms with Crippen molar-refractivity contribution < 1.29 is 4.58 Å². The maximum Gasteiger partial charge on any atom is 0.205 e. The van der Waals surface area contributed by atoms with Crippen LogP contribution in [0.3, 0.4) is 0 Å². The van der Waals surface area contributed by atoms with Gasteiger partial charge in [0.1, 0.15) is 18.1 Å². The average Bonchev–Trinajstić information content (AvgIpc) is 3.54. The molecule has 1 aromatic heterocycles. The van der Waals surface area contributed by atoms with E-state index in [0.29, 0.717) is 5.56 Å². The smallest absolute Gasteiger partial charge is 0.205 e. The fourth-order valence-corrected chi connectivity index (χ4v) is 7.53. The van der Waals surface area contributed by atoms with E-state index in [1.807, 2.05) is 42.5 Å². The van der Waals surface area contributed by atoms with Gasteiger partial charge in [-0.25, -0.2) is 0 Å². The monoisotopic (exact) mass is 665 g/mol. The Bertz CT molecular complexity index is 2290. The number of rotatable bonds is 8. The SMILES string of the molecule is Cc1ccccc1Nc1sc(C(=C2C=CC(=[N+](C)c3ccccc3)C=C2)c2ccc(N(C)c3ccccc3)cc2)c(-c2ccccc2)c1C#N. The van der Waals surface area contributed by atoms with Crippen LogP contribution in [0.15, 0.2) is 169 Å². The van der Waals surface area contributed by atoms with E-state index in [9.17, 15) is 5.26 Å². The molecule has 50 heavy (non-hydrogen) atoms. The Hall–Kier alpha value is -6.22. The minimum absolute atomic E-state index is 0.637. The van der Waals surface area contributed by atoms with Gasteiger partial charge in [-0.3, -0.25) is 0 Å². The standard InChI is InChI=1S/C45H36N4S/c1-32-15-13-14-22-41(32)47-45-40(31-46)43(33-16-7-4-8-17-33)44(50-45)42(34-23-27-38(28-24-34)48(2)36-18-9-5-10-19-36)35-25-29-39(30-26-35)49(3)37-20-11-6-12-21-37/h4-30H,1-3H3/p+1. The van der Waals surface area contributed by atoms with Crippen molar-refractivity contribution in [3.63, 3.8) is 0 Å². The second kappa shape index (κ2) is 14.5. The van der Waals surface area contributed by atoms with Gasteiger partial charge in [0.25, 0.3) is 0 Å². The van der Waals surface area contributed by atoms with Gasteiger partial charge >= 0.3 is 0 Å². The number of nitrogens with one attached hydrogen (secondary N) is 1. The highest BCUT2D eigenvalue weighted by Gasteiger charge is 2.26. The molecule has 0 atom stereocenters. The minimum atomic E-state index is 0.637. The van der Waals surface area contributed by atoms with Crippen LogP contribution in [-0.4, -0.2) is 24.4 Å². The summed E-state index contributed by atoms with van der Waals surface area (Å²) in [5.74, 6) is 0. The molecule has 0 saturated heterocycles. The topological polar surface area (TPSA) is 42.1 Å². The molecule has 0 saturated carbocycles. The second-order valence-corrected chi connectivity index (χ2v) is 13.2. The number of thiophene rings is 1. The average molecular weight is 666 g/mol. The van der Waals surface area contributed by atoms with E-state index < -0.39 is 0 Å². The van der Waals surface area contributed by atoms with Gasteiger partial charge in [-0.1, -0.05) is 97.1 Å². The molecule has 0 unspecified atom stereocenters. The van der Waals surface area contributed by atoms with Crippen LogP contribution < -0.4 is 10.2 Å². The Balaban J connectivity index is 1.42. The number of hydrogen-bond acceptors (Lipinski definition) is 4. The van der Waals surface area contributed by atoms with Gasteiger partial charge in [-0.15, -0.1) is 11.3 Å². The molecule has 1 aliphatic carbocycles. The quantitative estimate of drug-likeness (QED) is 0.165. The molecule has 0 amide bonds. The van der Waals surface area contributed by atoms with E-state index in [2.05, 4.69) is 163 Å². The number of hydrogen-bond donors (Lipinski definition) is 1. The van der Waals surface area contributed by atoms with E-state index in [1.54, 1.807) is 11.3 Å². The van der Waals surface area contributed by atoms with Crippen molar-refractivity contribution in [1.29, 1.82) is 5.26 Å². The van der Waals surface area contributed by atoms with Crippen LogP contribution in [0.4, 0.5) is 27.8 Å². The Kier molecular flexibility index (Phi) is 9.37. The Morgan fingerprint density at radius 1 is 0.700 bits per heavy atom. The lowest BCUT2D eigenvalue weighted by Crippen LogP contribution is -2.10. The summed E-state index contributed by atoms with van der Waals surface area (Å²) in [5.41, 5.74) is 12.3. The molecule has 0 fully saturated rings. The predicted molar refractivity (Wildman–Crippen MR) is 211 cm³/mol. The highest BCUT2D eigenvalue weighted by atomic mass is 32.1. The summed E-state index contributed by atoms with van der Waals surface area (Å²) in [6.45, 7) is 2.08. The summed E-state index contributed by atoms with van der Waals surface area (Å²) in [6.07, 6.45) is 8.74. The van der Waals surface area contributed by atoms with Crippen molar-refractivity contribution >= 4 is 50.4 Å². The zero-order chi connectivity index (χ0) is 34.5. The van der Waals surface area contributed by atoms with Gasteiger partial charge in [0, 0.05) is 64.4 Å². The fraction of sp³-hybridized carbons (Fsp3) is 0.0667. The van der Waals surface area contributed by atoms with E-state index >= 15 is 0 Å². The summed E-state index contributed by atoms with van der Waals surface area (Å²) >= 11 is 1.63. The summed E-state index contributed by atoms with van der Waals surface area (Å²) in [6, 6.07) is 50.6. The lowest BCUT2D eigenvalue weighted by Gasteiger charge is -2.20. The van der Waals surface area contributed by atoms with Gasteiger partial charge in [-0.2, -0.15) is 9.84 Å². The van der Waals surface area contributed by atoms with Crippen LogP contribution in [-0.2, 0) is 0 Å². The zero-order valence-corrected chi connectivity index (χ0v) is 29.2. The molecule has 6 aromatic rings. The molecule has 0 aliphatic heterocycles. The van der Waals surface area contributed by atoms with Crippen LogP contribution in [0.5, 0.6) is 0 Å². The van der Waals surface area contributed by atoms with Gasteiger partial charge in [0.2, 0.25) is 11.4 Å². The van der Waals surface area contributed by atoms with Crippen molar-refractivity contribution in [2.75, 3.05) is 24.3 Å². The van der Waals surface area contributed by atoms with Gasteiger partial charge < -0.3 is 10.2 Å². The van der Waals surface area contributed by atoms with Crippen molar-refractivity contribution in [3.8, 4) is 17.2 Å². The third-order valence-electron chi connectivity index (χ3n) is 9.08. The van der Waals surface area contributed by atoms with Crippen molar-refractivity contribution in [3.05, 3.63) is 191 Å². The molecule has 1 aliphatic rings. The normalized spacial score (nSPS) is 12.0. The number of para-hydroxylation sites is 3. The van der Waals surface area contributed by atoms with Gasteiger partial charge in [0.15, 0.2) is 0 Å². The van der Waals surface area contributed by atoms with Crippen molar-refractivity contribution in [2.45, 2.75) is 6.92 Å². The lowest BCUT2D eigenvalue weighted by atomic mass is 9.90. The minimum Gasteiger partial charge on any atom is -0.346 e. The first-order valence-corrected chi connectivity index (χ1v) is 17.4. The number of nitriles is 1. The second-order valence-electron chi connectivity index (χ2n) is 12.2. The van der Waals surface area contributed by atoms with Crippen molar-refractivity contribution in [2.24, 2.45) is 0 Å². The van der Waals surface area contributed by atoms with Crippen LogP contribution in [0.25, 0.3) is 16.7 Å². The van der Waals surface area contributed by atoms with Crippen molar-refractivity contribution in [1.82, 2.24) is 0 Å². The maximum absolute atomic E-state index is 10.8. The third-order valence-corrected chi connectivity index (χ3v) is 10.2. The first-order chi connectivity index (χ1) is 24.5. The Morgan fingerprint density at radius 2 is 1.28 bits per heavy atom. The highest BCUT2D eigenvalue weighted by molar-refractivity contribution is 7.18. The molecular weight excluding hydrogens is 629 g/mol. The molecule has 5 aromatic carbocycles. The number of nitrogens with zero attached hydrogens (tertiary/aromatic N) is 3. The Morgan fingerprint density at radius 3 is 1.92 bits per heavy atom. The molecule has 1 heterocycles. The van der Waals surface area contributed by atoms with Crippen LogP contribution in [0.1, 0.15) is 21.6 Å². The number of benzene rings is 5. The largest absolute Gasteiger partial charge is 0.346 e. The first kappa shape index (κ1) is 32.3.